The van der Waals surface area contributed by atoms with Crippen LogP contribution in [0.3, 0.4) is 0 Å². The molecule has 2 aliphatic heterocycles. The second-order valence-corrected chi connectivity index (χ2v) is 7.08. The first-order valence-corrected chi connectivity index (χ1v) is 8.99. The molecule has 1 spiro atoms. The van der Waals surface area contributed by atoms with Crippen molar-refractivity contribution in [2.75, 3.05) is 32.8 Å². The topological polar surface area (TPSA) is 70.1 Å². The first kappa shape index (κ1) is 17.6. The number of piperidine rings is 2. The Balaban J connectivity index is 1.60. The lowest BCUT2D eigenvalue weighted by Crippen LogP contribution is -2.55. The number of hydrogen-bond donors (Lipinski definition) is 1. The third-order valence-corrected chi connectivity index (χ3v) is 5.36. The summed E-state index contributed by atoms with van der Waals surface area (Å²) in [6.07, 6.45) is 3.44. The average molecular weight is 346 g/mol. The van der Waals surface area contributed by atoms with Gasteiger partial charge in [-0.25, -0.2) is 0 Å². The van der Waals surface area contributed by atoms with Crippen molar-refractivity contribution in [2.45, 2.75) is 32.6 Å². The standard InChI is InChI=1S/C19H26N2O4/c1-2-20-13-19(10-8-17(20)23)9-5-11-21(14-19)18(24)12-25-16-7-4-3-6-15(16)22/h3-4,6-7,22H,2,5,8-14H2,1H3. The van der Waals surface area contributed by atoms with Gasteiger partial charge in [0.25, 0.3) is 5.91 Å². The fourth-order valence-corrected chi connectivity index (χ4v) is 3.95. The summed E-state index contributed by atoms with van der Waals surface area (Å²) in [6, 6.07) is 6.65. The van der Waals surface area contributed by atoms with Gasteiger partial charge in [0.15, 0.2) is 18.1 Å². The van der Waals surface area contributed by atoms with Gasteiger partial charge >= 0.3 is 0 Å². The highest BCUT2D eigenvalue weighted by molar-refractivity contribution is 5.79. The molecule has 3 rings (SSSR count). The van der Waals surface area contributed by atoms with E-state index in [1.54, 1.807) is 18.2 Å². The number of nitrogens with zero attached hydrogens (tertiary/aromatic N) is 2. The summed E-state index contributed by atoms with van der Waals surface area (Å²) in [5.41, 5.74) is 0.0206. The zero-order chi connectivity index (χ0) is 17.9. The molecule has 1 aromatic carbocycles. The van der Waals surface area contributed by atoms with Crippen molar-refractivity contribution in [1.82, 2.24) is 9.80 Å². The number of likely N-dealkylation sites (tertiary alicyclic amines) is 2. The smallest absolute Gasteiger partial charge is 0.260 e. The van der Waals surface area contributed by atoms with Crippen LogP contribution < -0.4 is 4.74 Å². The van der Waals surface area contributed by atoms with Crippen LogP contribution in [0.1, 0.15) is 32.6 Å². The Bertz CT molecular complexity index is 648. The summed E-state index contributed by atoms with van der Waals surface area (Å²) < 4.78 is 5.48. The van der Waals surface area contributed by atoms with Crippen LogP contribution in [0.25, 0.3) is 0 Å². The number of phenols is 1. The Kier molecular flexibility index (Phi) is 5.16. The van der Waals surface area contributed by atoms with E-state index in [4.69, 9.17) is 4.74 Å². The molecule has 2 amide bonds. The van der Waals surface area contributed by atoms with E-state index >= 15 is 0 Å². The van der Waals surface area contributed by atoms with E-state index in [2.05, 4.69) is 0 Å². The third-order valence-electron chi connectivity index (χ3n) is 5.36. The molecular weight excluding hydrogens is 320 g/mol. The van der Waals surface area contributed by atoms with Gasteiger partial charge in [0.2, 0.25) is 5.91 Å². The van der Waals surface area contributed by atoms with Gasteiger partial charge in [-0.2, -0.15) is 0 Å². The molecule has 0 bridgehead atoms. The second kappa shape index (κ2) is 7.33. The number of para-hydroxylation sites is 2. The van der Waals surface area contributed by atoms with Gasteiger partial charge in [0.1, 0.15) is 0 Å². The molecule has 0 radical (unpaired) electrons. The molecule has 1 unspecified atom stereocenters. The number of ether oxygens (including phenoxy) is 1. The number of aromatic hydroxyl groups is 1. The van der Waals surface area contributed by atoms with Gasteiger partial charge in [-0.3, -0.25) is 9.59 Å². The van der Waals surface area contributed by atoms with Gasteiger partial charge < -0.3 is 19.6 Å². The molecule has 2 heterocycles. The Morgan fingerprint density at radius 2 is 2.08 bits per heavy atom. The zero-order valence-corrected chi connectivity index (χ0v) is 14.7. The lowest BCUT2D eigenvalue weighted by molar-refractivity contribution is -0.143. The number of amides is 2. The van der Waals surface area contributed by atoms with Crippen LogP contribution in [0.5, 0.6) is 11.5 Å². The van der Waals surface area contributed by atoms with Gasteiger partial charge in [-0.1, -0.05) is 12.1 Å². The lowest BCUT2D eigenvalue weighted by atomic mass is 9.73. The zero-order valence-electron chi connectivity index (χ0n) is 14.7. The molecule has 0 aliphatic carbocycles. The summed E-state index contributed by atoms with van der Waals surface area (Å²) >= 11 is 0. The quantitative estimate of drug-likeness (QED) is 0.905. The maximum atomic E-state index is 12.6. The SMILES string of the molecule is CCN1CC2(CCCN(C(=O)COc3ccccc3O)C2)CCC1=O. The first-order valence-electron chi connectivity index (χ1n) is 8.99. The van der Waals surface area contributed by atoms with Crippen LogP contribution in [-0.4, -0.2) is 59.5 Å². The summed E-state index contributed by atoms with van der Waals surface area (Å²) in [4.78, 5) is 28.3. The van der Waals surface area contributed by atoms with Crippen molar-refractivity contribution in [3.05, 3.63) is 24.3 Å². The molecule has 0 aromatic heterocycles. The maximum Gasteiger partial charge on any atom is 0.260 e. The van der Waals surface area contributed by atoms with Crippen molar-refractivity contribution in [3.8, 4) is 11.5 Å². The van der Waals surface area contributed by atoms with E-state index in [1.807, 2.05) is 16.7 Å². The number of benzene rings is 1. The van der Waals surface area contributed by atoms with Crippen LogP contribution in [0.15, 0.2) is 24.3 Å². The fraction of sp³-hybridized carbons (Fsp3) is 0.579. The highest BCUT2D eigenvalue weighted by Gasteiger charge is 2.42. The highest BCUT2D eigenvalue weighted by atomic mass is 16.5. The van der Waals surface area contributed by atoms with Crippen LogP contribution in [0, 0.1) is 5.41 Å². The number of carbonyl (C=O) groups excluding carboxylic acids is 2. The minimum atomic E-state index is -0.0793. The summed E-state index contributed by atoms with van der Waals surface area (Å²) in [5.74, 6) is 0.513. The second-order valence-electron chi connectivity index (χ2n) is 7.08. The molecule has 6 heteroatoms. The first-order chi connectivity index (χ1) is 12.0. The van der Waals surface area contributed by atoms with E-state index in [0.29, 0.717) is 18.7 Å². The molecule has 2 aliphatic rings. The van der Waals surface area contributed by atoms with E-state index in [1.165, 1.54) is 6.07 Å². The Hall–Kier alpha value is -2.24. The number of carbonyl (C=O) groups is 2. The Morgan fingerprint density at radius 3 is 2.84 bits per heavy atom. The van der Waals surface area contributed by atoms with Gasteiger partial charge in [0, 0.05) is 38.0 Å². The summed E-state index contributed by atoms with van der Waals surface area (Å²) in [6.45, 7) is 4.80. The van der Waals surface area contributed by atoms with Crippen LogP contribution in [0.4, 0.5) is 0 Å². The Morgan fingerprint density at radius 1 is 1.28 bits per heavy atom. The van der Waals surface area contributed by atoms with Crippen molar-refractivity contribution in [2.24, 2.45) is 5.41 Å². The van der Waals surface area contributed by atoms with Gasteiger partial charge in [-0.15, -0.1) is 0 Å². The van der Waals surface area contributed by atoms with Crippen LogP contribution in [-0.2, 0) is 9.59 Å². The van der Waals surface area contributed by atoms with Gasteiger partial charge in [-0.05, 0) is 38.3 Å². The molecule has 6 nitrogen and oxygen atoms in total. The minimum Gasteiger partial charge on any atom is -0.504 e. The molecule has 1 atom stereocenters. The predicted molar refractivity (Wildman–Crippen MR) is 93.3 cm³/mol. The minimum absolute atomic E-state index is 0.0206. The largest absolute Gasteiger partial charge is 0.504 e. The van der Waals surface area contributed by atoms with E-state index in [0.717, 1.165) is 38.9 Å². The third kappa shape index (κ3) is 3.89. The molecule has 0 saturated carbocycles. The van der Waals surface area contributed by atoms with Gasteiger partial charge in [0.05, 0.1) is 0 Å². The summed E-state index contributed by atoms with van der Waals surface area (Å²) in [5, 5.41) is 9.73. The van der Waals surface area contributed by atoms with Crippen molar-refractivity contribution >= 4 is 11.8 Å². The predicted octanol–water partition coefficient (Wildman–Crippen LogP) is 2.02. The number of rotatable bonds is 4. The lowest BCUT2D eigenvalue weighted by Gasteiger charge is -2.48. The molecule has 2 fully saturated rings. The average Bonchev–Trinajstić information content (AvgIpc) is 2.63. The highest BCUT2D eigenvalue weighted by Crippen LogP contribution is 2.38. The maximum absolute atomic E-state index is 12.6. The Labute approximate surface area is 148 Å². The van der Waals surface area contributed by atoms with Crippen molar-refractivity contribution in [3.63, 3.8) is 0 Å². The molecule has 1 aromatic rings. The van der Waals surface area contributed by atoms with Crippen LogP contribution in [0.2, 0.25) is 0 Å². The van der Waals surface area contributed by atoms with Crippen molar-refractivity contribution < 1.29 is 19.4 Å². The fourth-order valence-electron chi connectivity index (χ4n) is 3.95. The van der Waals surface area contributed by atoms with Crippen molar-refractivity contribution in [1.29, 1.82) is 0 Å². The summed E-state index contributed by atoms with van der Waals surface area (Å²) in [7, 11) is 0. The molecule has 25 heavy (non-hydrogen) atoms. The molecule has 1 N–H and O–H groups in total. The number of phenolic OH excluding ortho intramolecular Hbond substituents is 1. The molecular formula is C19H26N2O4. The normalized spacial score (nSPS) is 23.8. The molecule has 2 saturated heterocycles. The molecule has 136 valence electrons. The van der Waals surface area contributed by atoms with E-state index in [-0.39, 0.29) is 29.6 Å². The van der Waals surface area contributed by atoms with E-state index in [9.17, 15) is 14.7 Å². The van der Waals surface area contributed by atoms with E-state index < -0.39 is 0 Å². The van der Waals surface area contributed by atoms with Crippen LogP contribution >= 0.6 is 0 Å². The number of hydrogen-bond acceptors (Lipinski definition) is 4. The monoisotopic (exact) mass is 346 g/mol.